The summed E-state index contributed by atoms with van der Waals surface area (Å²) in [5.74, 6) is 2.24. The minimum absolute atomic E-state index is 0.0148. The van der Waals surface area contributed by atoms with E-state index in [-0.39, 0.29) is 29.3 Å². The van der Waals surface area contributed by atoms with Crippen LogP contribution in [0.5, 0.6) is 0 Å². The van der Waals surface area contributed by atoms with Crippen molar-refractivity contribution in [2.45, 2.75) is 47.0 Å². The monoisotopic (exact) mass is 298 g/mol. The van der Waals surface area contributed by atoms with Gasteiger partial charge in [0.2, 0.25) is 0 Å². The molecule has 4 rings (SSSR count). The molecular weight excluding hydrogens is 272 g/mol. The van der Waals surface area contributed by atoms with Crippen LogP contribution in [0.3, 0.4) is 0 Å². The Bertz CT molecular complexity index is 636. The van der Waals surface area contributed by atoms with Crippen LogP contribution >= 0.6 is 0 Å². The van der Waals surface area contributed by atoms with Crippen molar-refractivity contribution in [1.82, 2.24) is 0 Å². The Morgan fingerprint density at radius 3 is 2.50 bits per heavy atom. The number of hydrogen-bond acceptors (Lipinski definition) is 2. The normalized spacial score (nSPS) is 46.1. The Hall–Kier alpha value is -1.18. The molecule has 0 aromatic carbocycles. The molecule has 0 unspecified atom stereocenters. The molecule has 0 bridgehead atoms. The second kappa shape index (κ2) is 4.21. The number of carbonyl (C=O) groups excluding carboxylic acids is 2. The lowest BCUT2D eigenvalue weighted by molar-refractivity contribution is -0.123. The Balaban J connectivity index is 1.87. The number of carbonyl (C=O) groups is 2. The molecule has 22 heavy (non-hydrogen) atoms. The maximum absolute atomic E-state index is 12.9. The van der Waals surface area contributed by atoms with Gasteiger partial charge in [-0.05, 0) is 42.4 Å². The van der Waals surface area contributed by atoms with Crippen LogP contribution in [0.1, 0.15) is 47.0 Å². The van der Waals surface area contributed by atoms with Crippen molar-refractivity contribution in [3.05, 3.63) is 23.3 Å². The molecule has 6 atom stereocenters. The van der Waals surface area contributed by atoms with Crippen molar-refractivity contribution in [3.63, 3.8) is 0 Å². The van der Waals surface area contributed by atoms with Crippen molar-refractivity contribution in [1.29, 1.82) is 0 Å². The zero-order valence-electron chi connectivity index (χ0n) is 14.1. The van der Waals surface area contributed by atoms with E-state index in [9.17, 15) is 9.59 Å². The topological polar surface area (TPSA) is 34.1 Å². The van der Waals surface area contributed by atoms with E-state index in [1.165, 1.54) is 12.0 Å². The number of ketones is 2. The number of rotatable bonds is 0. The summed E-state index contributed by atoms with van der Waals surface area (Å²) >= 11 is 0. The van der Waals surface area contributed by atoms with Gasteiger partial charge in [0.05, 0.1) is 0 Å². The summed E-state index contributed by atoms with van der Waals surface area (Å²) in [7, 11) is 0. The SMILES string of the molecule is C=C1CC[C@H]2[C@@H]([C@@H]3[C@@H]1C1=C(C[C@H](C)C1=O)C(=O)[C@H]3C)C2(C)C. The molecule has 2 fully saturated rings. The molecule has 0 aliphatic heterocycles. The van der Waals surface area contributed by atoms with Crippen LogP contribution in [0, 0.1) is 40.9 Å². The third-order valence-electron chi connectivity index (χ3n) is 7.30. The Labute approximate surface area is 133 Å². The highest BCUT2D eigenvalue weighted by molar-refractivity contribution is 6.13. The molecule has 2 nitrogen and oxygen atoms in total. The summed E-state index contributed by atoms with van der Waals surface area (Å²) in [5.41, 5.74) is 3.25. The van der Waals surface area contributed by atoms with Crippen LogP contribution < -0.4 is 0 Å². The Morgan fingerprint density at radius 1 is 1.14 bits per heavy atom. The lowest BCUT2D eigenvalue weighted by atomic mass is 9.64. The molecule has 0 radical (unpaired) electrons. The van der Waals surface area contributed by atoms with E-state index in [4.69, 9.17) is 0 Å². The Morgan fingerprint density at radius 2 is 1.82 bits per heavy atom. The second-order valence-corrected chi connectivity index (χ2v) is 8.72. The zero-order valence-corrected chi connectivity index (χ0v) is 14.1. The van der Waals surface area contributed by atoms with Crippen molar-refractivity contribution in [2.75, 3.05) is 0 Å². The van der Waals surface area contributed by atoms with E-state index in [2.05, 4.69) is 27.4 Å². The first-order valence-electron chi connectivity index (χ1n) is 8.76. The third-order valence-corrected chi connectivity index (χ3v) is 7.30. The van der Waals surface area contributed by atoms with E-state index >= 15 is 0 Å². The zero-order chi connectivity index (χ0) is 16.0. The molecule has 4 aliphatic carbocycles. The van der Waals surface area contributed by atoms with Crippen molar-refractivity contribution >= 4 is 11.6 Å². The maximum atomic E-state index is 12.9. The van der Waals surface area contributed by atoms with Crippen LogP contribution in [0.15, 0.2) is 23.3 Å². The maximum Gasteiger partial charge on any atom is 0.163 e. The lowest BCUT2D eigenvalue weighted by Gasteiger charge is -2.38. The molecule has 0 aromatic heterocycles. The molecule has 0 spiro atoms. The highest BCUT2D eigenvalue weighted by Crippen LogP contribution is 2.70. The number of allylic oxidation sites excluding steroid dienone is 3. The summed E-state index contributed by atoms with van der Waals surface area (Å²) in [6.07, 6.45) is 2.85. The number of Topliss-reactive ketones (excluding diaryl/α,β-unsaturated/α-hetero) is 2. The van der Waals surface area contributed by atoms with Gasteiger partial charge in [0.15, 0.2) is 11.6 Å². The van der Waals surface area contributed by atoms with Crippen LogP contribution in [-0.2, 0) is 9.59 Å². The third kappa shape index (κ3) is 1.56. The first kappa shape index (κ1) is 14.4. The van der Waals surface area contributed by atoms with Crippen molar-refractivity contribution in [3.8, 4) is 0 Å². The average molecular weight is 298 g/mol. The molecule has 118 valence electrons. The van der Waals surface area contributed by atoms with Gasteiger partial charge in [0, 0.05) is 28.9 Å². The molecule has 0 amide bonds. The Kier molecular flexibility index (Phi) is 2.76. The molecule has 0 N–H and O–H groups in total. The van der Waals surface area contributed by atoms with Crippen LogP contribution in [-0.4, -0.2) is 11.6 Å². The molecule has 0 aromatic rings. The fourth-order valence-corrected chi connectivity index (χ4v) is 6.02. The molecule has 0 heterocycles. The number of fused-ring (bicyclic) bond motifs is 4. The minimum atomic E-state index is -0.0148. The summed E-state index contributed by atoms with van der Waals surface area (Å²) in [6, 6.07) is 0. The molecule has 0 saturated heterocycles. The fourth-order valence-electron chi connectivity index (χ4n) is 6.02. The number of hydrogen-bond donors (Lipinski definition) is 0. The summed E-state index contributed by atoms with van der Waals surface area (Å²) in [4.78, 5) is 25.6. The quantitative estimate of drug-likeness (QED) is 0.634. The van der Waals surface area contributed by atoms with E-state index in [1.54, 1.807) is 0 Å². The summed E-state index contributed by atoms with van der Waals surface area (Å²) in [5, 5.41) is 0. The lowest BCUT2D eigenvalue weighted by Crippen LogP contribution is -2.38. The van der Waals surface area contributed by atoms with Gasteiger partial charge in [-0.15, -0.1) is 0 Å². The van der Waals surface area contributed by atoms with E-state index < -0.39 is 0 Å². The summed E-state index contributed by atoms with van der Waals surface area (Å²) < 4.78 is 0. The van der Waals surface area contributed by atoms with Crippen molar-refractivity contribution < 1.29 is 9.59 Å². The van der Waals surface area contributed by atoms with Gasteiger partial charge in [0.1, 0.15) is 0 Å². The fraction of sp³-hybridized carbons (Fsp3) is 0.700. The van der Waals surface area contributed by atoms with Crippen LogP contribution in [0.4, 0.5) is 0 Å². The van der Waals surface area contributed by atoms with Gasteiger partial charge in [-0.3, -0.25) is 9.59 Å². The first-order valence-corrected chi connectivity index (χ1v) is 8.76. The highest BCUT2D eigenvalue weighted by atomic mass is 16.1. The average Bonchev–Trinajstić information content (AvgIpc) is 2.93. The molecule has 2 saturated carbocycles. The predicted octanol–water partition coefficient (Wildman–Crippen LogP) is 3.97. The van der Waals surface area contributed by atoms with Gasteiger partial charge in [0.25, 0.3) is 0 Å². The van der Waals surface area contributed by atoms with Gasteiger partial charge in [-0.2, -0.15) is 0 Å². The summed E-state index contributed by atoms with van der Waals surface area (Å²) in [6.45, 7) is 13.1. The van der Waals surface area contributed by atoms with Gasteiger partial charge >= 0.3 is 0 Å². The van der Waals surface area contributed by atoms with E-state index in [0.717, 1.165) is 17.6 Å². The standard InChI is InChI=1S/C20H26O2/c1-9-6-7-13-17(20(13,4)5)15-11(3)19(22)12-8-10(2)18(21)16(12)14(9)15/h10-11,13-15,17H,1,6-8H2,2-5H3/t10-,11-,13-,14+,15-,17-/m0/s1. The molecular formula is C20H26O2. The largest absolute Gasteiger partial charge is 0.294 e. The first-order chi connectivity index (χ1) is 10.3. The van der Waals surface area contributed by atoms with Crippen LogP contribution in [0.2, 0.25) is 0 Å². The molecule has 4 aliphatic rings. The predicted molar refractivity (Wildman–Crippen MR) is 86.1 cm³/mol. The van der Waals surface area contributed by atoms with Crippen LogP contribution in [0.25, 0.3) is 0 Å². The van der Waals surface area contributed by atoms with Gasteiger partial charge in [-0.25, -0.2) is 0 Å². The van der Waals surface area contributed by atoms with E-state index in [1.807, 2.05) is 6.92 Å². The molecule has 2 heteroatoms. The van der Waals surface area contributed by atoms with E-state index in [0.29, 0.717) is 29.6 Å². The van der Waals surface area contributed by atoms with Crippen molar-refractivity contribution in [2.24, 2.45) is 40.9 Å². The minimum Gasteiger partial charge on any atom is -0.294 e. The highest BCUT2D eigenvalue weighted by Gasteiger charge is 2.66. The van der Waals surface area contributed by atoms with Gasteiger partial charge in [-0.1, -0.05) is 39.8 Å². The second-order valence-electron chi connectivity index (χ2n) is 8.72. The van der Waals surface area contributed by atoms with Gasteiger partial charge < -0.3 is 0 Å². The smallest absolute Gasteiger partial charge is 0.163 e.